The quantitative estimate of drug-likeness (QED) is 0.0496. The number of carbonyl (C=O) groups is 4. The number of likely N-dealkylation sites (tertiary alicyclic amines) is 1. The van der Waals surface area contributed by atoms with Crippen LogP contribution < -0.4 is 29.3 Å². The number of rotatable bonds is 18. The van der Waals surface area contributed by atoms with Gasteiger partial charge in [0.2, 0.25) is 5.91 Å². The van der Waals surface area contributed by atoms with Crippen molar-refractivity contribution in [3.63, 3.8) is 0 Å². The van der Waals surface area contributed by atoms with Crippen LogP contribution >= 0.6 is 0 Å². The van der Waals surface area contributed by atoms with Gasteiger partial charge in [0.15, 0.2) is 12.6 Å². The predicted octanol–water partition coefficient (Wildman–Crippen LogP) is 12.5. The molecule has 5 aromatic rings. The first-order valence-electron chi connectivity index (χ1n) is 34.5. The molecule has 3 aromatic carbocycles. The van der Waals surface area contributed by atoms with E-state index in [0.29, 0.717) is 94.8 Å². The van der Waals surface area contributed by atoms with E-state index in [0.717, 1.165) is 94.1 Å². The molecule has 5 amide bonds. The highest BCUT2D eigenvalue weighted by molar-refractivity contribution is 6.90. The van der Waals surface area contributed by atoms with Crippen LogP contribution in [0.3, 0.4) is 0 Å². The summed E-state index contributed by atoms with van der Waals surface area (Å²) in [6, 6.07) is 14.4. The van der Waals surface area contributed by atoms with Crippen LogP contribution in [0.25, 0.3) is 32.9 Å². The minimum absolute atomic E-state index is 0.00618. The molecule has 12 rings (SSSR count). The standard InChI is InChI=1S/C73H97FN10O9Si/c1-47(2)94(48(3)4,49(5)6)36-22-51-13-12-14-52-37-56(92-46-89-10)39-57(62(51)52)64-63(74)65-58(40-75-64)66(82-42-54-16-17-55(43-82)84(54)70(88)93-71(7,8)9)78-68(77-65)91-45-73(25-26-73)44-80-34-32-79(33-35-80)41-50-19-23-72(24-20-50)27-30-81(31-28-72)67(86)53-15-18-60(90-11)59(38-53)83-29-21-61(85)76-69(83)87/h12-15,18,37-40,47-50,54-55H,16-17,19-21,23-35,41-46H2,1-11H3,(H,76,85,87). The van der Waals surface area contributed by atoms with Gasteiger partial charge in [-0.2, -0.15) is 9.97 Å². The number of nitrogens with zero attached hydrogens (tertiary/aromatic N) is 9. The Hall–Kier alpha value is -7.12. The molecule has 94 heavy (non-hydrogen) atoms. The fourth-order valence-corrected chi connectivity index (χ4v) is 21.8. The zero-order valence-electron chi connectivity index (χ0n) is 57.2. The number of benzene rings is 3. The molecular formula is C73H97FN10O9Si. The van der Waals surface area contributed by atoms with Crippen LogP contribution in [0.1, 0.15) is 149 Å². The van der Waals surface area contributed by atoms with Gasteiger partial charge in [0, 0.05) is 119 Å². The smallest absolute Gasteiger partial charge is 0.410 e. The summed E-state index contributed by atoms with van der Waals surface area (Å²) in [6.45, 7) is 28.5. The second-order valence-electron chi connectivity index (χ2n) is 30.0. The number of piperazine rings is 2. The van der Waals surface area contributed by atoms with Crippen molar-refractivity contribution in [1.82, 2.24) is 39.9 Å². The Morgan fingerprint density at radius 3 is 2.14 bits per heavy atom. The lowest BCUT2D eigenvalue weighted by atomic mass is 9.65. The van der Waals surface area contributed by atoms with Crippen molar-refractivity contribution in [2.75, 3.05) is 109 Å². The highest BCUT2D eigenvalue weighted by atomic mass is 28.3. The predicted molar refractivity (Wildman–Crippen MR) is 366 cm³/mol. The molecule has 7 fully saturated rings. The van der Waals surface area contributed by atoms with Gasteiger partial charge in [0.25, 0.3) is 5.91 Å². The number of carbonyl (C=O) groups excluding carboxylic acids is 4. The first kappa shape index (κ1) is 66.9. The molecule has 1 N–H and O–H groups in total. The molecule has 2 unspecified atom stereocenters. The molecule has 0 radical (unpaired) electrons. The number of pyridine rings is 1. The van der Waals surface area contributed by atoms with Gasteiger partial charge >= 0.3 is 18.1 Å². The first-order chi connectivity index (χ1) is 45.0. The lowest BCUT2D eigenvalue weighted by Crippen LogP contribution is -2.57. The zero-order chi connectivity index (χ0) is 66.4. The second kappa shape index (κ2) is 27.2. The van der Waals surface area contributed by atoms with Crippen LogP contribution in [-0.2, 0) is 14.3 Å². The van der Waals surface area contributed by atoms with Gasteiger partial charge in [-0.3, -0.25) is 29.7 Å². The van der Waals surface area contributed by atoms with Gasteiger partial charge in [0.05, 0.1) is 36.9 Å². The maximum Gasteiger partial charge on any atom is 0.410 e. The number of aromatic nitrogens is 3. The van der Waals surface area contributed by atoms with E-state index in [-0.39, 0.29) is 77.8 Å². The number of nitrogens with one attached hydrogen (secondary N) is 1. The summed E-state index contributed by atoms with van der Waals surface area (Å²) in [7, 11) is 0.936. The van der Waals surface area contributed by atoms with Crippen LogP contribution in [-0.4, -0.2) is 184 Å². The summed E-state index contributed by atoms with van der Waals surface area (Å²) in [4.78, 5) is 80.1. The van der Waals surface area contributed by atoms with E-state index >= 15 is 4.39 Å². The zero-order valence-corrected chi connectivity index (χ0v) is 58.2. The molecule has 2 bridgehead atoms. The van der Waals surface area contributed by atoms with E-state index in [4.69, 9.17) is 38.6 Å². The SMILES string of the molecule is COCOc1cc(-c2ncc3c(N4CC5CCC(C4)N5C(=O)OC(C)(C)C)nc(OCC4(CN5CCN(CC6CCC7(CC6)CCN(C(=O)c6ccc(OC)c(N8CCC(=O)NC8=O)c6)CC7)CC5)CC4)nc3c2F)c2c(C#C[Si](C(C)C)(C(C)C)C(C)C)cccc2c1. The van der Waals surface area contributed by atoms with Gasteiger partial charge in [-0.15, -0.1) is 5.54 Å². The van der Waals surface area contributed by atoms with Crippen molar-refractivity contribution in [1.29, 1.82) is 0 Å². The number of amides is 5. The third kappa shape index (κ3) is 13.8. The van der Waals surface area contributed by atoms with Crippen molar-refractivity contribution < 1.29 is 47.3 Å². The summed E-state index contributed by atoms with van der Waals surface area (Å²) in [5, 5.41) is 4.46. The summed E-state index contributed by atoms with van der Waals surface area (Å²) in [5.74, 6) is 4.89. The molecule has 19 nitrogen and oxygen atoms in total. The summed E-state index contributed by atoms with van der Waals surface area (Å²) >= 11 is 0. The maximum atomic E-state index is 18.3. The molecule has 2 saturated carbocycles. The number of hydrogen-bond acceptors (Lipinski definition) is 15. The number of imide groups is 1. The number of piperidine rings is 1. The molecule has 504 valence electrons. The van der Waals surface area contributed by atoms with Gasteiger partial charge < -0.3 is 43.3 Å². The average molecular weight is 1310 g/mol. The van der Waals surface area contributed by atoms with E-state index in [9.17, 15) is 19.2 Å². The van der Waals surface area contributed by atoms with E-state index in [1.54, 1.807) is 31.5 Å². The summed E-state index contributed by atoms with van der Waals surface area (Å²) in [6.07, 6.45) is 12.0. The van der Waals surface area contributed by atoms with Gasteiger partial charge in [-0.1, -0.05) is 59.6 Å². The molecule has 2 atom stereocenters. The Morgan fingerprint density at radius 1 is 0.809 bits per heavy atom. The molecule has 5 saturated heterocycles. The van der Waals surface area contributed by atoms with Gasteiger partial charge in [-0.05, 0) is 155 Å². The van der Waals surface area contributed by atoms with E-state index in [1.165, 1.54) is 37.7 Å². The van der Waals surface area contributed by atoms with Crippen molar-refractivity contribution in [3.05, 3.63) is 71.7 Å². The van der Waals surface area contributed by atoms with Crippen molar-refractivity contribution in [3.8, 4) is 40.2 Å². The maximum absolute atomic E-state index is 18.3. The molecule has 1 spiro atoms. The highest BCUT2D eigenvalue weighted by Crippen LogP contribution is 2.50. The fourth-order valence-electron chi connectivity index (χ4n) is 16.6. The van der Waals surface area contributed by atoms with E-state index in [2.05, 4.69) is 73.0 Å². The van der Waals surface area contributed by atoms with Crippen LogP contribution in [0.4, 0.5) is 25.5 Å². The van der Waals surface area contributed by atoms with Crippen molar-refractivity contribution >= 4 is 65.2 Å². The van der Waals surface area contributed by atoms with Crippen LogP contribution in [0.2, 0.25) is 16.6 Å². The first-order valence-corrected chi connectivity index (χ1v) is 36.7. The normalized spacial score (nSPS) is 21.1. The lowest BCUT2D eigenvalue weighted by molar-refractivity contribution is -0.120. The lowest BCUT2D eigenvalue weighted by Gasteiger charge is -2.47. The molecule has 2 aromatic heterocycles. The molecule has 21 heteroatoms. The van der Waals surface area contributed by atoms with Gasteiger partial charge in [0.1, 0.15) is 42.2 Å². The number of anilines is 2. The summed E-state index contributed by atoms with van der Waals surface area (Å²) < 4.78 is 48.0. The monoisotopic (exact) mass is 1300 g/mol. The number of fused-ring (bicyclic) bond motifs is 4. The van der Waals surface area contributed by atoms with Crippen LogP contribution in [0.15, 0.2) is 54.7 Å². The minimum atomic E-state index is -2.17. The van der Waals surface area contributed by atoms with Crippen molar-refractivity contribution in [2.45, 2.75) is 167 Å². The minimum Gasteiger partial charge on any atom is -0.495 e. The largest absolute Gasteiger partial charge is 0.495 e. The molecule has 5 aliphatic heterocycles. The van der Waals surface area contributed by atoms with Crippen LogP contribution in [0, 0.1) is 34.0 Å². The Bertz CT molecular complexity index is 3690. The number of hydrogen-bond donors (Lipinski definition) is 1. The van der Waals surface area contributed by atoms with E-state index < -0.39 is 25.5 Å². The molecule has 7 aliphatic rings. The molecule has 7 heterocycles. The number of ether oxygens (including phenoxy) is 5. The second-order valence-corrected chi connectivity index (χ2v) is 35.6. The Morgan fingerprint density at radius 2 is 1.50 bits per heavy atom. The number of urea groups is 1. The third-order valence-electron chi connectivity index (χ3n) is 21.9. The fraction of sp³-hybridized carbons (Fsp3) is 0.603. The molecular weight excluding hydrogens is 1210 g/mol. The molecule has 2 aliphatic carbocycles. The third-order valence-corrected chi connectivity index (χ3v) is 28.2. The Labute approximate surface area is 555 Å². The van der Waals surface area contributed by atoms with Crippen LogP contribution in [0.5, 0.6) is 17.5 Å². The number of halogens is 1. The van der Waals surface area contributed by atoms with Gasteiger partial charge in [-0.25, -0.2) is 14.0 Å². The Balaban J connectivity index is 0.727. The average Bonchev–Trinajstić information content (AvgIpc) is 0.984. The van der Waals surface area contributed by atoms with Crippen molar-refractivity contribution in [2.24, 2.45) is 16.7 Å². The highest BCUT2D eigenvalue weighted by Gasteiger charge is 2.48. The van der Waals surface area contributed by atoms with E-state index in [1.807, 2.05) is 60.9 Å². The topological polar surface area (TPSA) is 185 Å². The Kier molecular flexibility index (Phi) is 19.3. The summed E-state index contributed by atoms with van der Waals surface area (Å²) in [5.41, 5.74) is 7.27. The number of methoxy groups -OCH3 is 2.